The molecule has 0 saturated carbocycles. The number of benzene rings is 2. The van der Waals surface area contributed by atoms with Crippen LogP contribution in [0.25, 0.3) is 0 Å². The van der Waals surface area contributed by atoms with Gasteiger partial charge in [-0.25, -0.2) is 4.98 Å². The Bertz CT molecular complexity index is 1000. The molecule has 0 atom stereocenters. The Labute approximate surface area is 165 Å². The zero-order chi connectivity index (χ0) is 20.1. The molecule has 0 aliphatic rings. The van der Waals surface area contributed by atoms with Crippen LogP contribution in [-0.4, -0.2) is 23.3 Å². The van der Waals surface area contributed by atoms with Crippen molar-refractivity contribution in [1.82, 2.24) is 4.98 Å². The second kappa shape index (κ2) is 8.48. The average molecular weight is 373 g/mol. The molecule has 0 aliphatic heterocycles. The maximum Gasteiger partial charge on any atom is 0.276 e. The summed E-state index contributed by atoms with van der Waals surface area (Å²) in [7, 11) is 0. The number of aromatic nitrogens is 1. The number of carbonyl (C=O) groups is 2. The number of amides is 2. The first-order valence-electron chi connectivity index (χ1n) is 9.22. The van der Waals surface area contributed by atoms with Crippen molar-refractivity contribution in [2.45, 2.75) is 20.8 Å². The van der Waals surface area contributed by atoms with Crippen molar-refractivity contribution in [3.8, 4) is 0 Å². The van der Waals surface area contributed by atoms with E-state index < -0.39 is 0 Å². The van der Waals surface area contributed by atoms with Crippen LogP contribution in [-0.2, 0) is 0 Å². The fourth-order valence-electron chi connectivity index (χ4n) is 2.88. The largest absolute Gasteiger partial charge is 0.321 e. The van der Waals surface area contributed by atoms with Gasteiger partial charge in [-0.1, -0.05) is 30.3 Å². The molecule has 5 heteroatoms. The van der Waals surface area contributed by atoms with Crippen molar-refractivity contribution in [3.63, 3.8) is 0 Å². The molecule has 1 aromatic heterocycles. The third-order valence-corrected chi connectivity index (χ3v) is 4.59. The summed E-state index contributed by atoms with van der Waals surface area (Å²) in [5.74, 6) is -0.588. The minimum Gasteiger partial charge on any atom is -0.321 e. The molecule has 2 aromatic carbocycles. The Morgan fingerprint density at radius 2 is 1.61 bits per heavy atom. The minimum absolute atomic E-state index is 0.202. The maximum atomic E-state index is 12.9. The summed E-state index contributed by atoms with van der Waals surface area (Å²) in [5, 5.41) is 2.84. The fourth-order valence-corrected chi connectivity index (χ4v) is 2.88. The molecule has 3 aromatic rings. The third kappa shape index (κ3) is 4.26. The Kier molecular flexibility index (Phi) is 5.84. The fraction of sp³-hybridized carbons (Fsp3) is 0.174. The first-order chi connectivity index (χ1) is 13.5. The molecule has 0 radical (unpaired) electrons. The van der Waals surface area contributed by atoms with Crippen LogP contribution in [0.2, 0.25) is 0 Å². The van der Waals surface area contributed by atoms with Crippen molar-refractivity contribution in [2.75, 3.05) is 16.8 Å². The summed E-state index contributed by atoms with van der Waals surface area (Å²) in [4.78, 5) is 31.5. The molecule has 0 saturated heterocycles. The van der Waals surface area contributed by atoms with Gasteiger partial charge in [0.2, 0.25) is 0 Å². The molecule has 0 bridgehead atoms. The lowest BCUT2D eigenvalue weighted by Crippen LogP contribution is -2.31. The number of nitrogens with one attached hydrogen (secondary N) is 1. The molecule has 3 rings (SSSR count). The van der Waals surface area contributed by atoms with E-state index in [-0.39, 0.29) is 23.2 Å². The molecule has 2 amide bonds. The van der Waals surface area contributed by atoms with E-state index in [9.17, 15) is 9.59 Å². The van der Waals surface area contributed by atoms with Crippen molar-refractivity contribution in [2.24, 2.45) is 0 Å². The summed E-state index contributed by atoms with van der Waals surface area (Å²) in [6.45, 7) is 6.42. The van der Waals surface area contributed by atoms with Gasteiger partial charge in [0, 0.05) is 17.9 Å². The lowest BCUT2D eigenvalue weighted by molar-refractivity contribution is 0.0983. The number of para-hydroxylation sites is 1. The quantitative estimate of drug-likeness (QED) is 0.710. The van der Waals surface area contributed by atoms with E-state index in [1.165, 1.54) is 0 Å². The zero-order valence-corrected chi connectivity index (χ0v) is 16.3. The molecule has 142 valence electrons. The van der Waals surface area contributed by atoms with Gasteiger partial charge in [0.25, 0.3) is 11.8 Å². The van der Waals surface area contributed by atoms with E-state index in [1.807, 2.05) is 69.3 Å². The van der Waals surface area contributed by atoms with E-state index in [0.717, 1.165) is 16.8 Å². The van der Waals surface area contributed by atoms with Gasteiger partial charge < -0.3 is 10.2 Å². The summed E-state index contributed by atoms with van der Waals surface area (Å²) >= 11 is 0. The lowest BCUT2D eigenvalue weighted by Gasteiger charge is -2.20. The first kappa shape index (κ1) is 19.3. The molecule has 28 heavy (non-hydrogen) atoms. The number of hydrogen-bond donors (Lipinski definition) is 1. The van der Waals surface area contributed by atoms with E-state index in [2.05, 4.69) is 10.3 Å². The van der Waals surface area contributed by atoms with E-state index >= 15 is 0 Å². The SMILES string of the molecule is CCN(C(=O)c1cccc(C(=O)Nc2ccc(C)c(C)c2)n1)c1ccccc1. The summed E-state index contributed by atoms with van der Waals surface area (Å²) in [6.07, 6.45) is 0. The number of aryl methyl sites for hydroxylation is 2. The van der Waals surface area contributed by atoms with Crippen molar-refractivity contribution in [3.05, 3.63) is 89.2 Å². The van der Waals surface area contributed by atoms with Gasteiger partial charge in [-0.2, -0.15) is 0 Å². The van der Waals surface area contributed by atoms with Gasteiger partial charge in [0.15, 0.2) is 0 Å². The molecule has 0 aliphatic carbocycles. The van der Waals surface area contributed by atoms with Gasteiger partial charge in [-0.05, 0) is 68.3 Å². The standard InChI is InChI=1S/C23H23N3O2/c1-4-26(19-9-6-5-7-10-19)23(28)21-12-8-11-20(25-21)22(27)24-18-14-13-16(2)17(3)15-18/h5-15H,4H2,1-3H3,(H,24,27). The van der Waals surface area contributed by atoms with E-state index in [1.54, 1.807) is 23.1 Å². The maximum absolute atomic E-state index is 12.9. The van der Waals surface area contributed by atoms with Gasteiger partial charge in [0.05, 0.1) is 0 Å². The van der Waals surface area contributed by atoms with Crippen LogP contribution in [0.3, 0.4) is 0 Å². The third-order valence-electron chi connectivity index (χ3n) is 4.59. The smallest absolute Gasteiger partial charge is 0.276 e. The second-order valence-electron chi connectivity index (χ2n) is 6.55. The highest BCUT2D eigenvalue weighted by Crippen LogP contribution is 2.17. The topological polar surface area (TPSA) is 62.3 Å². The van der Waals surface area contributed by atoms with Crippen LogP contribution in [0.15, 0.2) is 66.7 Å². The number of rotatable bonds is 5. The Balaban J connectivity index is 1.81. The monoisotopic (exact) mass is 373 g/mol. The predicted molar refractivity (Wildman–Crippen MR) is 112 cm³/mol. The summed E-state index contributed by atoms with van der Waals surface area (Å²) in [5.41, 5.74) is 4.18. The highest BCUT2D eigenvalue weighted by Gasteiger charge is 2.19. The lowest BCUT2D eigenvalue weighted by atomic mass is 10.1. The van der Waals surface area contributed by atoms with Gasteiger partial charge in [-0.15, -0.1) is 0 Å². The summed E-state index contributed by atoms with van der Waals surface area (Å²) in [6, 6.07) is 20.0. The predicted octanol–water partition coefficient (Wildman–Crippen LogP) is 4.62. The van der Waals surface area contributed by atoms with Crippen molar-refractivity contribution in [1.29, 1.82) is 0 Å². The van der Waals surface area contributed by atoms with Crippen LogP contribution >= 0.6 is 0 Å². The number of carbonyl (C=O) groups excluding carboxylic acids is 2. The van der Waals surface area contributed by atoms with Gasteiger partial charge in [-0.3, -0.25) is 9.59 Å². The van der Waals surface area contributed by atoms with E-state index in [4.69, 9.17) is 0 Å². The highest BCUT2D eigenvalue weighted by atomic mass is 16.2. The number of anilines is 2. The van der Waals surface area contributed by atoms with Crippen LogP contribution in [0.1, 0.15) is 39.0 Å². The molecule has 0 unspecified atom stereocenters. The zero-order valence-electron chi connectivity index (χ0n) is 16.3. The Hall–Kier alpha value is -3.47. The van der Waals surface area contributed by atoms with Crippen molar-refractivity contribution >= 4 is 23.2 Å². The van der Waals surface area contributed by atoms with Crippen molar-refractivity contribution < 1.29 is 9.59 Å². The van der Waals surface area contributed by atoms with Crippen LogP contribution in [0, 0.1) is 13.8 Å². The molecule has 5 nitrogen and oxygen atoms in total. The average Bonchev–Trinajstić information content (AvgIpc) is 2.72. The molecule has 0 fully saturated rings. The highest BCUT2D eigenvalue weighted by molar-refractivity contribution is 6.07. The molecule has 1 N–H and O–H groups in total. The first-order valence-corrected chi connectivity index (χ1v) is 9.22. The molecule has 0 spiro atoms. The van der Waals surface area contributed by atoms with E-state index in [0.29, 0.717) is 12.2 Å². The Morgan fingerprint density at radius 1 is 0.893 bits per heavy atom. The number of hydrogen-bond acceptors (Lipinski definition) is 3. The molecule has 1 heterocycles. The minimum atomic E-state index is -0.347. The normalized spacial score (nSPS) is 10.4. The Morgan fingerprint density at radius 3 is 2.29 bits per heavy atom. The van der Waals surface area contributed by atoms with Crippen LogP contribution < -0.4 is 10.2 Å². The molecular weight excluding hydrogens is 350 g/mol. The second-order valence-corrected chi connectivity index (χ2v) is 6.55. The van der Waals surface area contributed by atoms with Crippen LogP contribution in [0.5, 0.6) is 0 Å². The van der Waals surface area contributed by atoms with Crippen LogP contribution in [0.4, 0.5) is 11.4 Å². The van der Waals surface area contributed by atoms with Gasteiger partial charge in [0.1, 0.15) is 11.4 Å². The number of nitrogens with zero attached hydrogens (tertiary/aromatic N) is 2. The number of pyridine rings is 1. The molecular formula is C23H23N3O2. The van der Waals surface area contributed by atoms with Gasteiger partial charge >= 0.3 is 0 Å². The summed E-state index contributed by atoms with van der Waals surface area (Å²) < 4.78 is 0.